The lowest BCUT2D eigenvalue weighted by Crippen LogP contribution is -2.41. The second-order valence-corrected chi connectivity index (χ2v) is 27.5. The zero-order chi connectivity index (χ0) is 63.1. The molecule has 0 saturated carbocycles. The number of rotatable bonds is 27. The van der Waals surface area contributed by atoms with Gasteiger partial charge >= 0.3 is 0 Å². The van der Waals surface area contributed by atoms with Crippen LogP contribution in [-0.4, -0.2) is 158 Å². The van der Waals surface area contributed by atoms with Gasteiger partial charge in [0.25, 0.3) is 0 Å². The zero-order valence-corrected chi connectivity index (χ0v) is 51.1. The molecule has 22 nitrogen and oxygen atoms in total. The Bertz CT molecular complexity index is 3320. The molecule has 22 heteroatoms. The van der Waals surface area contributed by atoms with E-state index in [1.165, 1.54) is 18.3 Å². The molecular formula is C70H80N10O12. The first-order chi connectivity index (χ1) is 44.6. The molecule has 4 heterocycles. The topological polar surface area (TPSA) is 304 Å². The van der Waals surface area contributed by atoms with Gasteiger partial charge in [-0.15, -0.1) is 0 Å². The Morgan fingerprint density at radius 1 is 0.272 bits per heavy atom. The van der Waals surface area contributed by atoms with Gasteiger partial charge in [-0.05, 0) is 47.3 Å². The molecule has 16 aliphatic rings. The fourth-order valence-corrected chi connectivity index (χ4v) is 18.2. The van der Waals surface area contributed by atoms with E-state index in [0.29, 0.717) is 13.1 Å². The highest BCUT2D eigenvalue weighted by molar-refractivity contribution is 5.78. The summed E-state index contributed by atoms with van der Waals surface area (Å²) in [4.78, 5) is 58.7. The van der Waals surface area contributed by atoms with E-state index in [1.54, 1.807) is 0 Å². The number of amides is 4. The van der Waals surface area contributed by atoms with E-state index in [-0.39, 0.29) is 270 Å². The van der Waals surface area contributed by atoms with Crippen LogP contribution >= 0.6 is 0 Å². The van der Waals surface area contributed by atoms with Crippen molar-refractivity contribution in [2.45, 2.75) is 99.2 Å². The number of allylic oxidation sites excluding steroid dienone is 16. The number of carbonyl (C=O) groups is 4. The lowest BCUT2D eigenvalue weighted by molar-refractivity contribution is -0.123. The third-order valence-corrected chi connectivity index (χ3v) is 23.2. The molecule has 12 N–H and O–H groups in total. The minimum Gasteiger partial charge on any atom is -0.494 e. The molecule has 16 atom stereocenters. The maximum atomic E-state index is 13.7. The monoisotopic (exact) mass is 1250 g/mol. The number of hydrogen-bond donors (Lipinski definition) is 12. The fourth-order valence-electron chi connectivity index (χ4n) is 18.2. The highest BCUT2D eigenvalue weighted by Crippen LogP contribution is 2.65. The number of nitrogens with zero attached hydrogens (tertiary/aromatic N) is 6. The van der Waals surface area contributed by atoms with E-state index in [0.717, 1.165) is 44.5 Å². The van der Waals surface area contributed by atoms with Crippen LogP contribution in [0.5, 0.6) is 47.0 Å². The van der Waals surface area contributed by atoms with Crippen LogP contribution in [0.2, 0.25) is 0 Å². The summed E-state index contributed by atoms with van der Waals surface area (Å²) < 4.78 is 5.87. The molecule has 0 spiro atoms. The van der Waals surface area contributed by atoms with Gasteiger partial charge in [0, 0.05) is 209 Å². The maximum absolute atomic E-state index is 13.7. The van der Waals surface area contributed by atoms with Crippen molar-refractivity contribution in [3.8, 4) is 47.0 Å². The van der Waals surface area contributed by atoms with Crippen molar-refractivity contribution in [1.82, 2.24) is 49.3 Å². The smallest absolute Gasteiger partial charge is 0.221 e. The van der Waals surface area contributed by atoms with Crippen molar-refractivity contribution in [2.75, 3.05) is 65.4 Å². The van der Waals surface area contributed by atoms with Crippen molar-refractivity contribution in [3.63, 3.8) is 0 Å². The normalized spacial score (nSPS) is 29.8. The Hall–Kier alpha value is -8.76. The van der Waals surface area contributed by atoms with Gasteiger partial charge in [0.15, 0.2) is 47.0 Å². The number of hydrogen-bond acceptors (Lipinski definition) is 14. The maximum Gasteiger partial charge on any atom is 0.221 e. The average molecular weight is 1250 g/mol. The lowest BCUT2D eigenvalue weighted by Gasteiger charge is -2.47. The standard InChI is InChI=1S/C70H80N10O12/c81-51(71-21-29-77-63(85)55-43-9-10-44(56(55)64(77)86)36-2-1-35(36)43)17-25-75(26-18-52(82)72-22-30-78-65(87)57-45-11-12-46(58(57)66(78)88)38-4-3-37(38)45)33-34-76(27-19-53(83)73-23-31-79-67(89)59-47-13-14-48(60(59)68(79)90)40-6-5-39(40)47)28-20-54(84)74-24-32-80-69(91)61-49-15-16-50(62(61)70(80)92)42-8-7-41(42)49/h1-16,35-50,85-92H,17-34H2,(H,71,81)(H,72,82)(H,73,83)(H,74,84)/t35-,36?,37+,38?,39-,40?,41+,42?,43?,44?,45?,46?,47?,48?,49?,50?. The molecule has 0 radical (unpaired) electrons. The summed E-state index contributed by atoms with van der Waals surface area (Å²) in [6.07, 6.45) is 34.3. The van der Waals surface area contributed by atoms with E-state index < -0.39 is 0 Å². The van der Waals surface area contributed by atoms with Crippen LogP contribution in [0.15, 0.2) is 97.2 Å². The van der Waals surface area contributed by atoms with Crippen LogP contribution in [0.25, 0.3) is 0 Å². The van der Waals surface area contributed by atoms with Crippen molar-refractivity contribution in [1.29, 1.82) is 0 Å². The van der Waals surface area contributed by atoms with E-state index in [4.69, 9.17) is 0 Å². The first-order valence-corrected chi connectivity index (χ1v) is 33.2. The van der Waals surface area contributed by atoms with Gasteiger partial charge in [0.2, 0.25) is 23.6 Å². The number of carbonyl (C=O) groups excluding carboxylic acids is 4. The molecule has 0 aromatic carbocycles. The number of aromatic hydroxyl groups is 8. The molecule has 482 valence electrons. The van der Waals surface area contributed by atoms with Crippen LogP contribution in [-0.2, 0) is 45.4 Å². The van der Waals surface area contributed by atoms with E-state index in [2.05, 4.69) is 118 Å². The van der Waals surface area contributed by atoms with Crippen molar-refractivity contribution in [3.05, 3.63) is 142 Å². The molecule has 0 aliphatic heterocycles. The first-order valence-electron chi connectivity index (χ1n) is 33.2. The summed E-state index contributed by atoms with van der Waals surface area (Å²) in [6.45, 7) is 2.66. The fraction of sp³-hybridized carbons (Fsp3) is 0.486. The van der Waals surface area contributed by atoms with Crippen LogP contribution in [0.1, 0.15) is 118 Å². The number of nitrogens with one attached hydrogen (secondary N) is 4. The molecule has 12 unspecified atom stereocenters. The second kappa shape index (κ2) is 22.5. The van der Waals surface area contributed by atoms with E-state index in [1.807, 2.05) is 9.80 Å². The lowest BCUT2D eigenvalue weighted by atomic mass is 9.56. The Kier molecular flexibility index (Phi) is 14.3. The van der Waals surface area contributed by atoms with Gasteiger partial charge < -0.3 is 71.9 Å². The Morgan fingerprint density at radius 2 is 0.435 bits per heavy atom. The molecule has 4 aromatic heterocycles. The SMILES string of the molecule is O=C(CCN(CCC(=O)NCCn1c(O)c2c(c1O)C1C=CC2C2C=C[C@@H]12)CCN(CCC(=O)NCCn1c(O)c2c(c1O)C1C=CC2C2C=C[C@H]12)CCC(=O)NCCn1c(O)c2c(c1O)C1C=CC2C2C=C[C@@H]12)NCCn1c(O)c2c(c1O)C1C=CC2C2C=C[C@H]12. The molecule has 20 rings (SSSR count). The molecule has 4 aromatic rings. The third-order valence-electron chi connectivity index (χ3n) is 23.2. The highest BCUT2D eigenvalue weighted by atomic mass is 16.3. The van der Waals surface area contributed by atoms with Gasteiger partial charge in [-0.1, -0.05) is 97.2 Å². The van der Waals surface area contributed by atoms with Crippen LogP contribution in [0, 0.1) is 47.3 Å². The largest absolute Gasteiger partial charge is 0.494 e. The molecule has 0 saturated heterocycles. The summed E-state index contributed by atoms with van der Waals surface area (Å²) in [6, 6.07) is 0. The first kappa shape index (κ1) is 58.3. The van der Waals surface area contributed by atoms with E-state index >= 15 is 0 Å². The minimum absolute atomic E-state index is 0.0112. The predicted octanol–water partition coefficient (Wildman–Crippen LogP) is 5.48. The van der Waals surface area contributed by atoms with Gasteiger partial charge in [-0.3, -0.25) is 37.4 Å². The van der Waals surface area contributed by atoms with Gasteiger partial charge in [-0.25, -0.2) is 0 Å². The minimum atomic E-state index is -0.282. The summed E-state index contributed by atoms with van der Waals surface area (Å²) in [7, 11) is 0. The van der Waals surface area contributed by atoms with Crippen LogP contribution in [0.3, 0.4) is 0 Å². The van der Waals surface area contributed by atoms with Crippen LogP contribution in [0.4, 0.5) is 0 Å². The molecule has 0 fully saturated rings. The van der Waals surface area contributed by atoms with Crippen molar-refractivity contribution in [2.24, 2.45) is 47.3 Å². The molecular weight excluding hydrogens is 1170 g/mol. The van der Waals surface area contributed by atoms with Gasteiger partial charge in [0.05, 0.1) is 0 Å². The third kappa shape index (κ3) is 9.06. The van der Waals surface area contributed by atoms with Gasteiger partial charge in [-0.2, -0.15) is 0 Å². The number of aromatic nitrogens is 4. The predicted molar refractivity (Wildman–Crippen MR) is 337 cm³/mol. The quantitative estimate of drug-likeness (QED) is 0.0330. The van der Waals surface area contributed by atoms with Crippen LogP contribution < -0.4 is 21.3 Å². The van der Waals surface area contributed by atoms with Crippen molar-refractivity contribution < 1.29 is 60.0 Å². The summed E-state index contributed by atoms with van der Waals surface area (Å²) in [5, 5.41) is 103. The molecule has 92 heavy (non-hydrogen) atoms. The van der Waals surface area contributed by atoms with Gasteiger partial charge in [0.1, 0.15) is 0 Å². The summed E-state index contributed by atoms with van der Waals surface area (Å²) >= 11 is 0. The Balaban J connectivity index is 0.571. The molecule has 16 aliphatic carbocycles. The zero-order valence-electron chi connectivity index (χ0n) is 51.1. The Morgan fingerprint density at radius 3 is 0.587 bits per heavy atom. The average Bonchev–Trinajstić information content (AvgIpc) is 1.29. The molecule has 4 amide bonds. The van der Waals surface area contributed by atoms with E-state index in [9.17, 15) is 60.0 Å². The highest BCUT2D eigenvalue weighted by Gasteiger charge is 2.54. The van der Waals surface area contributed by atoms with Crippen molar-refractivity contribution >= 4 is 23.6 Å². The summed E-state index contributed by atoms with van der Waals surface area (Å²) in [5.41, 5.74) is 5.99. The second-order valence-electron chi connectivity index (χ2n) is 27.5. The summed E-state index contributed by atoms with van der Waals surface area (Å²) in [5.74, 6) is 1.14. The Labute approximate surface area is 531 Å². The molecule has 8 bridgehead atoms.